The van der Waals surface area contributed by atoms with Crippen molar-refractivity contribution in [1.29, 1.82) is 0 Å². The summed E-state index contributed by atoms with van der Waals surface area (Å²) in [7, 11) is 0. The summed E-state index contributed by atoms with van der Waals surface area (Å²) in [6, 6.07) is 4.08. The van der Waals surface area contributed by atoms with Gasteiger partial charge in [0, 0.05) is 17.0 Å². The van der Waals surface area contributed by atoms with E-state index in [0.29, 0.717) is 5.70 Å². The van der Waals surface area contributed by atoms with Gasteiger partial charge in [-0.1, -0.05) is 6.07 Å². The van der Waals surface area contributed by atoms with E-state index in [9.17, 15) is 0 Å². The van der Waals surface area contributed by atoms with Crippen LogP contribution in [0.15, 0.2) is 41.6 Å². The molecule has 0 fully saturated rings. The molecule has 1 atom stereocenters. The predicted molar refractivity (Wildman–Crippen MR) is 59.5 cm³/mol. The first-order chi connectivity index (χ1) is 6.71. The van der Waals surface area contributed by atoms with Crippen molar-refractivity contribution in [2.45, 2.75) is 12.1 Å². The fourth-order valence-corrected chi connectivity index (χ4v) is 2.22. The molecule has 0 saturated carbocycles. The molecule has 2 rings (SSSR count). The summed E-state index contributed by atoms with van der Waals surface area (Å²) in [4.78, 5) is 1.23. The second-order valence-electron chi connectivity index (χ2n) is 3.35. The number of rotatable bonds is 2. The molecule has 0 radical (unpaired) electrons. The Morgan fingerprint density at radius 3 is 3.00 bits per heavy atom. The SMILES string of the molecule is NC1=CC=CNC1(N)Cc1cccs1. The molecule has 0 aliphatic carbocycles. The summed E-state index contributed by atoms with van der Waals surface area (Å²) in [5.74, 6) is 0. The lowest BCUT2D eigenvalue weighted by Gasteiger charge is -2.32. The van der Waals surface area contributed by atoms with Crippen LogP contribution >= 0.6 is 11.3 Å². The number of nitrogens with two attached hydrogens (primary N) is 2. The number of thiophene rings is 1. The molecule has 1 aliphatic rings. The van der Waals surface area contributed by atoms with Crippen LogP contribution < -0.4 is 16.8 Å². The Kier molecular flexibility index (Phi) is 2.31. The third-order valence-corrected chi connectivity index (χ3v) is 3.14. The van der Waals surface area contributed by atoms with Crippen LogP contribution in [0.1, 0.15) is 4.88 Å². The Hall–Kier alpha value is -1.26. The van der Waals surface area contributed by atoms with Crippen LogP contribution in [0.3, 0.4) is 0 Å². The van der Waals surface area contributed by atoms with E-state index < -0.39 is 5.66 Å². The number of dihydropyridines is 1. The largest absolute Gasteiger partial charge is 0.399 e. The minimum atomic E-state index is -0.625. The van der Waals surface area contributed by atoms with E-state index in [0.717, 1.165) is 6.42 Å². The summed E-state index contributed by atoms with van der Waals surface area (Å²) < 4.78 is 0. The van der Waals surface area contributed by atoms with Gasteiger partial charge in [-0.3, -0.25) is 0 Å². The van der Waals surface area contributed by atoms with E-state index in [1.165, 1.54) is 4.88 Å². The van der Waals surface area contributed by atoms with Crippen LogP contribution in [-0.4, -0.2) is 5.66 Å². The second-order valence-corrected chi connectivity index (χ2v) is 4.39. The maximum Gasteiger partial charge on any atom is 0.131 e. The van der Waals surface area contributed by atoms with Gasteiger partial charge < -0.3 is 16.8 Å². The predicted octanol–water partition coefficient (Wildman–Crippen LogP) is 0.905. The molecule has 0 spiro atoms. The van der Waals surface area contributed by atoms with Crippen LogP contribution in [0, 0.1) is 0 Å². The van der Waals surface area contributed by atoms with Crippen LogP contribution in [0.2, 0.25) is 0 Å². The first-order valence-electron chi connectivity index (χ1n) is 4.42. The van der Waals surface area contributed by atoms with E-state index >= 15 is 0 Å². The molecule has 0 bridgehead atoms. The molecule has 1 aromatic heterocycles. The highest BCUT2D eigenvalue weighted by Crippen LogP contribution is 2.19. The van der Waals surface area contributed by atoms with Crippen molar-refractivity contribution in [3.05, 3.63) is 46.4 Å². The molecule has 1 unspecified atom stereocenters. The zero-order chi connectivity index (χ0) is 10.0. The molecule has 1 aliphatic heterocycles. The zero-order valence-corrected chi connectivity index (χ0v) is 8.55. The van der Waals surface area contributed by atoms with Crippen molar-refractivity contribution < 1.29 is 0 Å². The average molecular weight is 207 g/mol. The number of nitrogens with one attached hydrogen (secondary N) is 1. The van der Waals surface area contributed by atoms with Crippen LogP contribution in [0.4, 0.5) is 0 Å². The van der Waals surface area contributed by atoms with E-state index in [1.807, 2.05) is 29.8 Å². The van der Waals surface area contributed by atoms with Gasteiger partial charge in [-0.25, -0.2) is 0 Å². The monoisotopic (exact) mass is 207 g/mol. The molecule has 74 valence electrons. The van der Waals surface area contributed by atoms with Gasteiger partial charge in [0.05, 0.1) is 0 Å². The minimum Gasteiger partial charge on any atom is -0.399 e. The van der Waals surface area contributed by atoms with Crippen LogP contribution in [0.5, 0.6) is 0 Å². The van der Waals surface area contributed by atoms with Crippen molar-refractivity contribution in [1.82, 2.24) is 5.32 Å². The molecule has 14 heavy (non-hydrogen) atoms. The average Bonchev–Trinajstić information content (AvgIpc) is 2.63. The summed E-state index contributed by atoms with van der Waals surface area (Å²) in [5, 5.41) is 5.13. The molecule has 2 heterocycles. The maximum absolute atomic E-state index is 6.14. The maximum atomic E-state index is 6.14. The highest BCUT2D eigenvalue weighted by molar-refractivity contribution is 7.09. The van der Waals surface area contributed by atoms with Crippen LogP contribution in [-0.2, 0) is 6.42 Å². The van der Waals surface area contributed by atoms with Crippen molar-refractivity contribution >= 4 is 11.3 Å². The van der Waals surface area contributed by atoms with Gasteiger partial charge in [0.25, 0.3) is 0 Å². The lowest BCUT2D eigenvalue weighted by Crippen LogP contribution is -2.57. The number of allylic oxidation sites excluding steroid dienone is 2. The summed E-state index contributed by atoms with van der Waals surface area (Å²) in [6.45, 7) is 0. The Morgan fingerprint density at radius 1 is 1.50 bits per heavy atom. The Bertz CT molecular complexity index is 367. The van der Waals surface area contributed by atoms with Crippen molar-refractivity contribution in [2.75, 3.05) is 0 Å². The quantitative estimate of drug-likeness (QED) is 0.675. The minimum absolute atomic E-state index is 0.625. The Balaban J connectivity index is 2.17. The summed E-state index contributed by atoms with van der Waals surface area (Å²) in [5.41, 5.74) is 12.1. The van der Waals surface area contributed by atoms with Gasteiger partial charge in [0.1, 0.15) is 5.66 Å². The summed E-state index contributed by atoms with van der Waals surface area (Å²) >= 11 is 1.69. The molecular formula is C10H13N3S. The highest BCUT2D eigenvalue weighted by atomic mass is 32.1. The Labute approximate surface area is 87.1 Å². The highest BCUT2D eigenvalue weighted by Gasteiger charge is 2.28. The second kappa shape index (κ2) is 3.48. The number of hydrogen-bond donors (Lipinski definition) is 3. The zero-order valence-electron chi connectivity index (χ0n) is 7.73. The third-order valence-electron chi connectivity index (χ3n) is 2.26. The topological polar surface area (TPSA) is 64.1 Å². The molecule has 0 amide bonds. The van der Waals surface area contributed by atoms with E-state index in [1.54, 1.807) is 11.3 Å². The third kappa shape index (κ3) is 1.66. The van der Waals surface area contributed by atoms with Crippen molar-refractivity contribution in [2.24, 2.45) is 11.5 Å². The van der Waals surface area contributed by atoms with E-state index in [-0.39, 0.29) is 0 Å². The first kappa shape index (κ1) is 9.30. The first-order valence-corrected chi connectivity index (χ1v) is 5.30. The molecular weight excluding hydrogens is 194 g/mol. The van der Waals surface area contributed by atoms with E-state index in [2.05, 4.69) is 11.4 Å². The molecule has 0 saturated heterocycles. The van der Waals surface area contributed by atoms with Gasteiger partial charge in [-0.2, -0.15) is 0 Å². The van der Waals surface area contributed by atoms with Gasteiger partial charge in [-0.05, 0) is 29.8 Å². The van der Waals surface area contributed by atoms with Gasteiger partial charge in [0.15, 0.2) is 0 Å². The summed E-state index contributed by atoms with van der Waals surface area (Å²) in [6.07, 6.45) is 6.24. The normalized spacial score (nSPS) is 25.6. The molecule has 0 aromatic carbocycles. The van der Waals surface area contributed by atoms with Crippen molar-refractivity contribution in [3.8, 4) is 0 Å². The van der Waals surface area contributed by atoms with Gasteiger partial charge in [0.2, 0.25) is 0 Å². The fourth-order valence-electron chi connectivity index (χ4n) is 1.42. The lowest BCUT2D eigenvalue weighted by molar-refractivity contribution is 0.436. The van der Waals surface area contributed by atoms with Gasteiger partial charge in [-0.15, -0.1) is 11.3 Å². The lowest BCUT2D eigenvalue weighted by atomic mass is 10.00. The smallest absolute Gasteiger partial charge is 0.131 e. The van der Waals surface area contributed by atoms with E-state index in [4.69, 9.17) is 11.5 Å². The number of hydrogen-bond acceptors (Lipinski definition) is 4. The molecule has 1 aromatic rings. The van der Waals surface area contributed by atoms with Crippen LogP contribution in [0.25, 0.3) is 0 Å². The fraction of sp³-hybridized carbons (Fsp3) is 0.200. The Morgan fingerprint density at radius 2 is 2.36 bits per heavy atom. The molecule has 3 nitrogen and oxygen atoms in total. The van der Waals surface area contributed by atoms with Gasteiger partial charge >= 0.3 is 0 Å². The molecule has 5 N–H and O–H groups in total. The van der Waals surface area contributed by atoms with Crippen molar-refractivity contribution in [3.63, 3.8) is 0 Å². The molecule has 4 heteroatoms. The standard InChI is InChI=1S/C10H13N3S/c11-9-4-1-5-13-10(9,12)7-8-3-2-6-14-8/h1-6,13H,7,11-12H2.